The second kappa shape index (κ2) is 6.62. The van der Waals surface area contributed by atoms with Crippen molar-refractivity contribution in [2.45, 2.75) is 38.6 Å². The number of thiazole rings is 1. The van der Waals surface area contributed by atoms with E-state index in [0.29, 0.717) is 23.4 Å². The normalized spacial score (nSPS) is 19.6. The quantitative estimate of drug-likeness (QED) is 0.502. The molecule has 2 aromatic rings. The van der Waals surface area contributed by atoms with Gasteiger partial charge in [0, 0.05) is 24.5 Å². The van der Waals surface area contributed by atoms with Gasteiger partial charge in [-0.1, -0.05) is 17.8 Å². The number of fused-ring (bicyclic) bond motifs is 1. The molecule has 1 aliphatic heterocycles. The molecule has 8 heteroatoms. The van der Waals surface area contributed by atoms with Gasteiger partial charge < -0.3 is 20.3 Å². The van der Waals surface area contributed by atoms with E-state index in [1.807, 2.05) is 0 Å². The molecule has 120 valence electrons. The fourth-order valence-corrected chi connectivity index (χ4v) is 3.75. The van der Waals surface area contributed by atoms with Gasteiger partial charge in [-0.15, -0.1) is 0 Å². The molecule has 0 spiro atoms. The molecule has 3 rings (SSSR count). The van der Waals surface area contributed by atoms with Gasteiger partial charge in [0.2, 0.25) is 5.82 Å². The third-order valence-corrected chi connectivity index (χ3v) is 5.02. The number of nitrogens with zero attached hydrogens (tertiary/aromatic N) is 4. The molecule has 0 bridgehead atoms. The third kappa shape index (κ3) is 3.07. The molecule has 0 saturated carbocycles. The van der Waals surface area contributed by atoms with Crippen LogP contribution in [0.15, 0.2) is 11.6 Å². The maximum absolute atomic E-state index is 11.2. The molecule has 3 heterocycles. The zero-order chi connectivity index (χ0) is 15.5. The zero-order valence-electron chi connectivity index (χ0n) is 12.7. The van der Waals surface area contributed by atoms with Crippen molar-refractivity contribution in [2.75, 3.05) is 25.0 Å². The molecular formula is C14H21N5O2S. The smallest absolute Gasteiger partial charge is 0.363 e. The van der Waals surface area contributed by atoms with Crippen molar-refractivity contribution in [3.8, 4) is 0 Å². The number of piperidine rings is 1. The fourth-order valence-electron chi connectivity index (χ4n) is 3.05. The minimum absolute atomic E-state index is 0.0302. The fraction of sp³-hybridized carbons (Fsp3) is 0.643. The third-order valence-electron chi connectivity index (χ3n) is 4.26. The highest BCUT2D eigenvalue weighted by Gasteiger charge is 2.23. The minimum Gasteiger partial charge on any atom is -0.363 e. The summed E-state index contributed by atoms with van der Waals surface area (Å²) in [5, 5.41) is 16.2. The number of rotatable bonds is 6. The predicted octanol–water partition coefficient (Wildman–Crippen LogP) is 2.98. The van der Waals surface area contributed by atoms with Crippen LogP contribution in [0.25, 0.3) is 4.96 Å². The Morgan fingerprint density at radius 1 is 1.55 bits per heavy atom. The Balaban J connectivity index is 1.56. The molecule has 7 nitrogen and oxygen atoms in total. The van der Waals surface area contributed by atoms with Gasteiger partial charge in [-0.05, 0) is 37.7 Å². The predicted molar refractivity (Wildman–Crippen MR) is 87.7 cm³/mol. The molecular weight excluding hydrogens is 302 g/mol. The molecule has 1 unspecified atom stereocenters. The summed E-state index contributed by atoms with van der Waals surface area (Å²) in [6.07, 6.45) is 6.53. The highest BCUT2D eigenvalue weighted by atomic mass is 32.1. The summed E-state index contributed by atoms with van der Waals surface area (Å²) in [6.45, 7) is 5.18. The number of imidazole rings is 1. The lowest BCUT2D eigenvalue weighted by molar-refractivity contribution is -0.389. The second-order valence-electron chi connectivity index (χ2n) is 5.76. The SMILES string of the molecule is CC1CCCCN1CCCNc1nc2sccn2c1[N+](=O)[O-]. The van der Waals surface area contributed by atoms with Crippen molar-refractivity contribution in [1.29, 1.82) is 0 Å². The molecule has 1 saturated heterocycles. The number of hydrogen-bond donors (Lipinski definition) is 1. The lowest BCUT2D eigenvalue weighted by Crippen LogP contribution is -2.38. The van der Waals surface area contributed by atoms with Crippen molar-refractivity contribution in [1.82, 2.24) is 14.3 Å². The summed E-state index contributed by atoms with van der Waals surface area (Å²) in [5.41, 5.74) is 0. The minimum atomic E-state index is -0.373. The summed E-state index contributed by atoms with van der Waals surface area (Å²) in [7, 11) is 0. The van der Waals surface area contributed by atoms with Crippen molar-refractivity contribution < 1.29 is 4.92 Å². The summed E-state index contributed by atoms with van der Waals surface area (Å²) in [6, 6.07) is 0.654. The van der Waals surface area contributed by atoms with E-state index in [1.54, 1.807) is 11.6 Å². The van der Waals surface area contributed by atoms with Crippen molar-refractivity contribution >= 4 is 27.9 Å². The van der Waals surface area contributed by atoms with Gasteiger partial charge in [-0.2, -0.15) is 9.38 Å². The number of aromatic nitrogens is 2. The lowest BCUT2D eigenvalue weighted by Gasteiger charge is -2.33. The molecule has 0 radical (unpaired) electrons. The molecule has 0 aromatic carbocycles. The number of likely N-dealkylation sites (tertiary alicyclic amines) is 1. The van der Waals surface area contributed by atoms with Crippen molar-refractivity contribution in [3.05, 3.63) is 21.7 Å². The van der Waals surface area contributed by atoms with Crippen LogP contribution in [0.5, 0.6) is 0 Å². The summed E-state index contributed by atoms with van der Waals surface area (Å²) in [5.74, 6) is 0.408. The van der Waals surface area contributed by atoms with Crippen LogP contribution >= 0.6 is 11.3 Å². The van der Waals surface area contributed by atoms with Crippen molar-refractivity contribution in [3.63, 3.8) is 0 Å². The van der Waals surface area contributed by atoms with Crippen LogP contribution in [0.3, 0.4) is 0 Å². The van der Waals surface area contributed by atoms with Crippen LogP contribution in [0, 0.1) is 10.1 Å². The van der Waals surface area contributed by atoms with Gasteiger partial charge in [0.25, 0.3) is 4.96 Å². The van der Waals surface area contributed by atoms with Crippen LogP contribution in [0.1, 0.15) is 32.6 Å². The Bertz CT molecular complexity index is 653. The summed E-state index contributed by atoms with van der Waals surface area (Å²) in [4.78, 5) is 18.3. The summed E-state index contributed by atoms with van der Waals surface area (Å²) >= 11 is 1.40. The lowest BCUT2D eigenvalue weighted by atomic mass is 10.0. The highest BCUT2D eigenvalue weighted by Crippen LogP contribution is 2.27. The van der Waals surface area contributed by atoms with Crippen LogP contribution < -0.4 is 5.32 Å². The first-order valence-corrected chi connectivity index (χ1v) is 8.62. The Morgan fingerprint density at radius 3 is 3.18 bits per heavy atom. The van der Waals surface area contributed by atoms with E-state index >= 15 is 0 Å². The zero-order valence-corrected chi connectivity index (χ0v) is 13.5. The Hall–Kier alpha value is -1.67. The molecule has 22 heavy (non-hydrogen) atoms. The maximum atomic E-state index is 11.2. The van der Waals surface area contributed by atoms with E-state index in [9.17, 15) is 10.1 Å². The molecule has 1 atom stereocenters. The highest BCUT2D eigenvalue weighted by molar-refractivity contribution is 7.15. The topological polar surface area (TPSA) is 75.7 Å². The monoisotopic (exact) mass is 323 g/mol. The van der Waals surface area contributed by atoms with E-state index < -0.39 is 0 Å². The molecule has 2 aromatic heterocycles. The van der Waals surface area contributed by atoms with Crippen LogP contribution in [-0.2, 0) is 0 Å². The number of anilines is 1. The van der Waals surface area contributed by atoms with E-state index in [4.69, 9.17) is 0 Å². The van der Waals surface area contributed by atoms with Gasteiger partial charge in [0.1, 0.15) is 6.20 Å². The van der Waals surface area contributed by atoms with Gasteiger partial charge >= 0.3 is 5.82 Å². The first kappa shape index (κ1) is 15.2. The molecule has 0 amide bonds. The van der Waals surface area contributed by atoms with Gasteiger partial charge in [0.05, 0.1) is 0 Å². The molecule has 1 N–H and O–H groups in total. The van der Waals surface area contributed by atoms with E-state index in [0.717, 1.165) is 13.0 Å². The average molecular weight is 323 g/mol. The van der Waals surface area contributed by atoms with Gasteiger partial charge in [0.15, 0.2) is 0 Å². The van der Waals surface area contributed by atoms with Gasteiger partial charge in [-0.3, -0.25) is 0 Å². The second-order valence-corrected chi connectivity index (χ2v) is 6.63. The van der Waals surface area contributed by atoms with Crippen molar-refractivity contribution in [2.24, 2.45) is 0 Å². The average Bonchev–Trinajstić information content (AvgIpc) is 3.05. The largest absolute Gasteiger partial charge is 0.372 e. The molecule has 1 fully saturated rings. The number of nitro groups is 1. The van der Waals surface area contributed by atoms with Crippen LogP contribution in [0.2, 0.25) is 0 Å². The Labute approximate surface area is 133 Å². The Morgan fingerprint density at radius 2 is 2.41 bits per heavy atom. The van der Waals surface area contributed by atoms with E-state index in [2.05, 4.69) is 22.1 Å². The number of hydrogen-bond acceptors (Lipinski definition) is 6. The van der Waals surface area contributed by atoms with E-state index in [-0.39, 0.29) is 10.7 Å². The first-order valence-electron chi connectivity index (χ1n) is 7.74. The standard InChI is InChI=1S/C14H21N5O2S/c1-11-5-2-3-7-17(11)8-4-6-15-12-13(19(20)21)18-9-10-22-14(18)16-12/h9-11,15H,2-8H2,1H3. The van der Waals surface area contributed by atoms with Crippen LogP contribution in [0.4, 0.5) is 11.6 Å². The first-order chi connectivity index (χ1) is 10.7. The maximum Gasteiger partial charge on any atom is 0.372 e. The van der Waals surface area contributed by atoms with Crippen LogP contribution in [-0.4, -0.2) is 44.9 Å². The molecule has 0 aliphatic carbocycles. The Kier molecular flexibility index (Phi) is 4.58. The summed E-state index contributed by atoms with van der Waals surface area (Å²) < 4.78 is 1.53. The van der Waals surface area contributed by atoms with E-state index in [1.165, 1.54) is 41.5 Å². The molecule has 1 aliphatic rings. The number of nitrogens with one attached hydrogen (secondary N) is 1. The van der Waals surface area contributed by atoms with Gasteiger partial charge in [-0.25, -0.2) is 0 Å².